The highest BCUT2D eigenvalue weighted by molar-refractivity contribution is 4.84. The lowest BCUT2D eigenvalue weighted by Crippen LogP contribution is -2.33. The molecule has 0 spiro atoms. The molecular formula is C14H29N. The smallest absolute Gasteiger partial charge is 0.00954 e. The second-order valence-corrected chi connectivity index (χ2v) is 5.17. The van der Waals surface area contributed by atoms with Gasteiger partial charge in [-0.2, -0.15) is 0 Å². The van der Waals surface area contributed by atoms with Crippen LogP contribution < -0.4 is 5.32 Å². The topological polar surface area (TPSA) is 12.0 Å². The highest BCUT2D eigenvalue weighted by atomic mass is 14.9. The van der Waals surface area contributed by atoms with Gasteiger partial charge in [0.25, 0.3) is 0 Å². The monoisotopic (exact) mass is 211 g/mol. The molecule has 0 aliphatic heterocycles. The molecule has 0 amide bonds. The van der Waals surface area contributed by atoms with E-state index in [0.29, 0.717) is 0 Å². The van der Waals surface area contributed by atoms with Crippen molar-refractivity contribution in [1.82, 2.24) is 5.32 Å². The van der Waals surface area contributed by atoms with Gasteiger partial charge in [0, 0.05) is 6.04 Å². The lowest BCUT2D eigenvalue weighted by Gasteiger charge is -2.24. The summed E-state index contributed by atoms with van der Waals surface area (Å²) < 4.78 is 0. The first-order valence-electron chi connectivity index (χ1n) is 7.05. The highest BCUT2D eigenvalue weighted by Crippen LogP contribution is 2.32. The van der Waals surface area contributed by atoms with E-state index in [0.717, 1.165) is 17.9 Å². The summed E-state index contributed by atoms with van der Waals surface area (Å²) in [5.74, 6) is 1.94. The summed E-state index contributed by atoms with van der Waals surface area (Å²) in [5, 5.41) is 3.73. The van der Waals surface area contributed by atoms with Crippen molar-refractivity contribution >= 4 is 0 Å². The van der Waals surface area contributed by atoms with Crippen LogP contribution in [-0.2, 0) is 0 Å². The van der Waals surface area contributed by atoms with E-state index in [4.69, 9.17) is 0 Å². The minimum Gasteiger partial charge on any atom is -0.314 e. The Kier molecular flexibility index (Phi) is 6.31. The average Bonchev–Trinajstić information content (AvgIpc) is 2.70. The molecule has 0 aromatic rings. The van der Waals surface area contributed by atoms with E-state index in [9.17, 15) is 0 Å². The molecule has 1 nitrogen and oxygen atoms in total. The predicted octanol–water partition coefficient (Wildman–Crippen LogP) is 3.98. The maximum Gasteiger partial charge on any atom is 0.00954 e. The van der Waals surface area contributed by atoms with Crippen LogP contribution in [0.5, 0.6) is 0 Å². The third kappa shape index (κ3) is 4.14. The van der Waals surface area contributed by atoms with Crippen molar-refractivity contribution in [1.29, 1.82) is 0 Å². The molecule has 90 valence electrons. The maximum atomic E-state index is 3.73. The van der Waals surface area contributed by atoms with Crippen LogP contribution in [0.15, 0.2) is 0 Å². The Bertz CT molecular complexity index is 151. The molecule has 1 N–H and O–H groups in total. The summed E-state index contributed by atoms with van der Waals surface area (Å²) in [6, 6.07) is 0.838. The first kappa shape index (κ1) is 13.0. The largest absolute Gasteiger partial charge is 0.314 e. The predicted molar refractivity (Wildman–Crippen MR) is 68.1 cm³/mol. The average molecular weight is 211 g/mol. The van der Waals surface area contributed by atoms with Crippen molar-refractivity contribution in [2.75, 3.05) is 6.54 Å². The quantitative estimate of drug-likeness (QED) is 0.671. The van der Waals surface area contributed by atoms with Gasteiger partial charge >= 0.3 is 0 Å². The van der Waals surface area contributed by atoms with Gasteiger partial charge < -0.3 is 5.32 Å². The molecule has 15 heavy (non-hydrogen) atoms. The van der Waals surface area contributed by atoms with Crippen LogP contribution >= 0.6 is 0 Å². The Hall–Kier alpha value is -0.0400. The van der Waals surface area contributed by atoms with Gasteiger partial charge in [-0.15, -0.1) is 0 Å². The zero-order chi connectivity index (χ0) is 11.1. The van der Waals surface area contributed by atoms with Crippen LogP contribution in [0.1, 0.15) is 65.7 Å². The van der Waals surface area contributed by atoms with Gasteiger partial charge in [0.2, 0.25) is 0 Å². The van der Waals surface area contributed by atoms with Gasteiger partial charge in [0.05, 0.1) is 0 Å². The second-order valence-electron chi connectivity index (χ2n) is 5.17. The first-order chi connectivity index (χ1) is 7.31. The first-order valence-corrected chi connectivity index (χ1v) is 7.05. The molecular weight excluding hydrogens is 182 g/mol. The van der Waals surface area contributed by atoms with Gasteiger partial charge in [0.15, 0.2) is 0 Å². The second kappa shape index (κ2) is 7.27. The Balaban J connectivity index is 2.31. The van der Waals surface area contributed by atoms with E-state index in [1.807, 2.05) is 0 Å². The fourth-order valence-electron chi connectivity index (χ4n) is 2.97. The molecule has 0 aromatic heterocycles. The van der Waals surface area contributed by atoms with Crippen LogP contribution in [0, 0.1) is 11.8 Å². The molecule has 0 bridgehead atoms. The van der Waals surface area contributed by atoms with E-state index < -0.39 is 0 Å². The van der Waals surface area contributed by atoms with E-state index in [1.165, 1.54) is 51.5 Å². The van der Waals surface area contributed by atoms with Gasteiger partial charge in [-0.3, -0.25) is 0 Å². The third-order valence-corrected chi connectivity index (χ3v) is 4.11. The van der Waals surface area contributed by atoms with Gasteiger partial charge in [-0.05, 0) is 44.1 Å². The number of hydrogen-bond donors (Lipinski definition) is 1. The van der Waals surface area contributed by atoms with Crippen molar-refractivity contribution in [2.24, 2.45) is 11.8 Å². The molecule has 1 saturated carbocycles. The summed E-state index contributed by atoms with van der Waals surface area (Å²) in [7, 11) is 0. The summed E-state index contributed by atoms with van der Waals surface area (Å²) in [6.45, 7) is 8.16. The normalized spacial score (nSPS) is 26.4. The third-order valence-electron chi connectivity index (χ3n) is 4.11. The Morgan fingerprint density at radius 1 is 1.13 bits per heavy atom. The molecule has 1 rings (SSSR count). The summed E-state index contributed by atoms with van der Waals surface area (Å²) >= 11 is 0. The summed E-state index contributed by atoms with van der Waals surface area (Å²) in [4.78, 5) is 0. The standard InChI is InChI=1S/C14H29N/c1-4-10-15-14-9-7-8-13(14)11-12(5-2)6-3/h12-15H,4-11H2,1-3H3. The number of rotatable bonds is 7. The van der Waals surface area contributed by atoms with Crippen molar-refractivity contribution < 1.29 is 0 Å². The van der Waals surface area contributed by atoms with E-state index in [-0.39, 0.29) is 0 Å². The Morgan fingerprint density at radius 3 is 2.47 bits per heavy atom. The molecule has 0 saturated heterocycles. The van der Waals surface area contributed by atoms with Gasteiger partial charge in [0.1, 0.15) is 0 Å². The molecule has 0 aromatic carbocycles. The lowest BCUT2D eigenvalue weighted by atomic mass is 9.87. The molecule has 1 heteroatoms. The Morgan fingerprint density at radius 2 is 1.87 bits per heavy atom. The van der Waals surface area contributed by atoms with Gasteiger partial charge in [-0.1, -0.05) is 40.0 Å². The summed E-state index contributed by atoms with van der Waals surface area (Å²) in [6.07, 6.45) is 9.82. The number of nitrogens with one attached hydrogen (secondary N) is 1. The van der Waals surface area contributed by atoms with Crippen LogP contribution in [0.4, 0.5) is 0 Å². The zero-order valence-electron chi connectivity index (χ0n) is 10.9. The fraction of sp³-hybridized carbons (Fsp3) is 1.00. The van der Waals surface area contributed by atoms with Crippen molar-refractivity contribution in [3.05, 3.63) is 0 Å². The van der Waals surface area contributed by atoms with Crippen molar-refractivity contribution in [3.8, 4) is 0 Å². The highest BCUT2D eigenvalue weighted by Gasteiger charge is 2.27. The van der Waals surface area contributed by atoms with Crippen LogP contribution in [0.2, 0.25) is 0 Å². The minimum atomic E-state index is 0.838. The minimum absolute atomic E-state index is 0.838. The lowest BCUT2D eigenvalue weighted by molar-refractivity contribution is 0.306. The van der Waals surface area contributed by atoms with E-state index in [1.54, 1.807) is 0 Å². The summed E-state index contributed by atoms with van der Waals surface area (Å²) in [5.41, 5.74) is 0. The molecule has 0 heterocycles. The van der Waals surface area contributed by atoms with Crippen molar-refractivity contribution in [2.45, 2.75) is 71.8 Å². The molecule has 0 radical (unpaired) electrons. The molecule has 1 fully saturated rings. The fourth-order valence-corrected chi connectivity index (χ4v) is 2.97. The van der Waals surface area contributed by atoms with Crippen LogP contribution in [-0.4, -0.2) is 12.6 Å². The van der Waals surface area contributed by atoms with Crippen LogP contribution in [0.25, 0.3) is 0 Å². The maximum absolute atomic E-state index is 3.73. The number of hydrogen-bond acceptors (Lipinski definition) is 1. The SMILES string of the molecule is CCCNC1CCCC1CC(CC)CC. The van der Waals surface area contributed by atoms with Crippen molar-refractivity contribution in [3.63, 3.8) is 0 Å². The molecule has 1 aliphatic rings. The van der Waals surface area contributed by atoms with E-state index in [2.05, 4.69) is 26.1 Å². The van der Waals surface area contributed by atoms with Gasteiger partial charge in [-0.25, -0.2) is 0 Å². The van der Waals surface area contributed by atoms with E-state index >= 15 is 0 Å². The molecule has 1 aliphatic carbocycles. The zero-order valence-corrected chi connectivity index (χ0v) is 10.9. The molecule has 2 unspecified atom stereocenters. The molecule has 2 atom stereocenters. The van der Waals surface area contributed by atoms with Crippen LogP contribution in [0.3, 0.4) is 0 Å². The Labute approximate surface area is 96.0 Å².